The highest BCUT2D eigenvalue weighted by Crippen LogP contribution is 2.19. The Morgan fingerprint density at radius 2 is 2.42 bits per heavy atom. The van der Waals surface area contributed by atoms with E-state index in [4.69, 9.17) is 14.6 Å². The Morgan fingerprint density at radius 1 is 1.75 bits per heavy atom. The fourth-order valence-corrected chi connectivity index (χ4v) is 0.964. The summed E-state index contributed by atoms with van der Waals surface area (Å²) in [5.74, 6) is -0.606. The second-order valence-electron chi connectivity index (χ2n) is 2.41. The van der Waals surface area contributed by atoms with E-state index >= 15 is 0 Å². The molecular formula is C7H10O5. The van der Waals surface area contributed by atoms with Crippen LogP contribution in [0.25, 0.3) is 0 Å². The Balaban J connectivity index is 2.70. The largest absolute Gasteiger partial charge is 0.512 e. The van der Waals surface area contributed by atoms with E-state index in [1.54, 1.807) is 0 Å². The summed E-state index contributed by atoms with van der Waals surface area (Å²) in [6.45, 7) is 0. The van der Waals surface area contributed by atoms with Crippen LogP contribution in [0.3, 0.4) is 0 Å². The second kappa shape index (κ2) is 3.55. The average molecular weight is 174 g/mol. The van der Waals surface area contributed by atoms with E-state index in [0.717, 1.165) is 0 Å². The molecule has 0 aliphatic carbocycles. The number of carbonyl (C=O) groups is 1. The van der Waals surface area contributed by atoms with Crippen molar-refractivity contribution in [3.63, 3.8) is 0 Å². The minimum Gasteiger partial charge on any atom is -0.512 e. The van der Waals surface area contributed by atoms with Crippen molar-refractivity contribution in [3.05, 3.63) is 12.0 Å². The van der Waals surface area contributed by atoms with Gasteiger partial charge in [0.2, 0.25) is 12.1 Å². The van der Waals surface area contributed by atoms with Crippen molar-refractivity contribution < 1.29 is 24.5 Å². The smallest absolute Gasteiger partial charge is 0.226 e. The number of hydrogen-bond donors (Lipinski definition) is 2. The molecule has 1 heterocycles. The van der Waals surface area contributed by atoms with E-state index in [2.05, 4.69) is 0 Å². The fraction of sp³-hybridized carbons (Fsp3) is 0.571. The maximum atomic E-state index is 10.9. The Labute approximate surface area is 69.2 Å². The number of aliphatic hydroxyl groups is 2. The first-order chi connectivity index (χ1) is 5.69. The van der Waals surface area contributed by atoms with Crippen LogP contribution in [-0.2, 0) is 14.3 Å². The molecule has 0 bridgehead atoms. The van der Waals surface area contributed by atoms with Crippen molar-refractivity contribution in [3.8, 4) is 0 Å². The zero-order chi connectivity index (χ0) is 9.14. The van der Waals surface area contributed by atoms with Crippen LogP contribution in [0.15, 0.2) is 12.0 Å². The van der Waals surface area contributed by atoms with Gasteiger partial charge in [0.25, 0.3) is 0 Å². The highest BCUT2D eigenvalue weighted by molar-refractivity contribution is 5.94. The zero-order valence-electron chi connectivity index (χ0n) is 6.56. The molecule has 2 atom stereocenters. The molecule has 0 unspecified atom stereocenters. The molecule has 5 nitrogen and oxygen atoms in total. The molecule has 1 aliphatic rings. The van der Waals surface area contributed by atoms with Crippen LogP contribution < -0.4 is 0 Å². The summed E-state index contributed by atoms with van der Waals surface area (Å²) >= 11 is 0. The van der Waals surface area contributed by atoms with E-state index in [1.165, 1.54) is 7.11 Å². The van der Waals surface area contributed by atoms with Gasteiger partial charge in [0.15, 0.2) is 5.76 Å². The summed E-state index contributed by atoms with van der Waals surface area (Å²) < 4.78 is 9.51. The quantitative estimate of drug-likeness (QED) is 0.422. The molecule has 0 spiro atoms. The number of carbonyl (C=O) groups excluding carboxylic acids is 1. The molecular weight excluding hydrogens is 164 g/mol. The average Bonchev–Trinajstić information content (AvgIpc) is 2.05. The first-order valence-electron chi connectivity index (χ1n) is 3.44. The van der Waals surface area contributed by atoms with Crippen LogP contribution in [0.5, 0.6) is 0 Å². The molecule has 0 aromatic heterocycles. The molecule has 1 rings (SSSR count). The van der Waals surface area contributed by atoms with Crippen LogP contribution in [-0.4, -0.2) is 35.5 Å². The number of Topliss-reactive ketones (excluding diaryl/α,β-unsaturated/α-hetero) is 1. The van der Waals surface area contributed by atoms with Gasteiger partial charge in [-0.05, 0) is 0 Å². The molecule has 0 saturated carbocycles. The summed E-state index contributed by atoms with van der Waals surface area (Å²) in [5, 5.41) is 17.7. The minimum atomic E-state index is -0.966. The topological polar surface area (TPSA) is 76.0 Å². The summed E-state index contributed by atoms with van der Waals surface area (Å²) in [4.78, 5) is 10.9. The van der Waals surface area contributed by atoms with Gasteiger partial charge in [-0.2, -0.15) is 0 Å². The molecule has 0 radical (unpaired) electrons. The Hall–Kier alpha value is -1.07. The van der Waals surface area contributed by atoms with Gasteiger partial charge in [0.05, 0.1) is 0 Å². The third kappa shape index (κ3) is 1.57. The maximum Gasteiger partial charge on any atom is 0.226 e. The van der Waals surface area contributed by atoms with Crippen LogP contribution in [0.4, 0.5) is 0 Å². The summed E-state index contributed by atoms with van der Waals surface area (Å²) in [6.07, 6.45) is -1.36. The minimum absolute atomic E-state index is 0.0924. The van der Waals surface area contributed by atoms with Gasteiger partial charge in [-0.15, -0.1) is 0 Å². The number of methoxy groups -OCH3 is 1. The SMILES string of the molecule is CO[C@@H]1O/C(=C\O)C(=O)C[C@@H]1O. The molecule has 0 aromatic rings. The van der Waals surface area contributed by atoms with E-state index in [9.17, 15) is 9.90 Å². The third-order valence-electron chi connectivity index (χ3n) is 1.58. The van der Waals surface area contributed by atoms with Gasteiger partial charge in [0.1, 0.15) is 12.4 Å². The molecule has 1 fully saturated rings. The van der Waals surface area contributed by atoms with E-state index < -0.39 is 18.2 Å². The van der Waals surface area contributed by atoms with Crippen molar-refractivity contribution in [2.24, 2.45) is 0 Å². The van der Waals surface area contributed by atoms with E-state index in [0.29, 0.717) is 6.26 Å². The third-order valence-corrected chi connectivity index (χ3v) is 1.58. The van der Waals surface area contributed by atoms with Gasteiger partial charge in [-0.3, -0.25) is 4.79 Å². The van der Waals surface area contributed by atoms with E-state index in [-0.39, 0.29) is 12.2 Å². The Morgan fingerprint density at radius 3 is 2.92 bits per heavy atom. The van der Waals surface area contributed by atoms with Crippen molar-refractivity contribution >= 4 is 5.78 Å². The van der Waals surface area contributed by atoms with Gasteiger partial charge in [-0.1, -0.05) is 0 Å². The summed E-state index contributed by atoms with van der Waals surface area (Å²) in [6, 6.07) is 0. The zero-order valence-corrected chi connectivity index (χ0v) is 6.56. The predicted molar refractivity (Wildman–Crippen MR) is 38.2 cm³/mol. The molecule has 12 heavy (non-hydrogen) atoms. The first kappa shape index (κ1) is 9.02. The van der Waals surface area contributed by atoms with Gasteiger partial charge in [0, 0.05) is 13.5 Å². The molecule has 0 aromatic carbocycles. The van der Waals surface area contributed by atoms with Gasteiger partial charge < -0.3 is 19.7 Å². The van der Waals surface area contributed by atoms with Crippen molar-refractivity contribution in [2.45, 2.75) is 18.8 Å². The number of ketones is 1. The molecule has 2 N–H and O–H groups in total. The lowest BCUT2D eigenvalue weighted by Gasteiger charge is -2.27. The fourth-order valence-electron chi connectivity index (χ4n) is 0.964. The second-order valence-corrected chi connectivity index (χ2v) is 2.41. The predicted octanol–water partition coefficient (Wildman–Crippen LogP) is -0.291. The van der Waals surface area contributed by atoms with Crippen molar-refractivity contribution in [2.75, 3.05) is 7.11 Å². The van der Waals surface area contributed by atoms with Crippen LogP contribution >= 0.6 is 0 Å². The van der Waals surface area contributed by atoms with Crippen LogP contribution in [0.2, 0.25) is 0 Å². The highest BCUT2D eigenvalue weighted by atomic mass is 16.7. The molecule has 1 saturated heterocycles. The first-order valence-corrected chi connectivity index (χ1v) is 3.44. The summed E-state index contributed by atoms with van der Waals surface area (Å²) in [5.41, 5.74) is 0. The van der Waals surface area contributed by atoms with Crippen molar-refractivity contribution in [1.82, 2.24) is 0 Å². The molecule has 1 aliphatic heterocycles. The standard InChI is InChI=1S/C7H10O5/c1-11-7-5(10)2-4(9)6(3-8)12-7/h3,5,7-8,10H,2H2,1H3/b6-3-/t5-,7+/m0/s1. The Kier molecular flexibility index (Phi) is 2.67. The number of rotatable bonds is 1. The number of hydrogen-bond acceptors (Lipinski definition) is 5. The lowest BCUT2D eigenvalue weighted by atomic mass is 10.1. The van der Waals surface area contributed by atoms with E-state index in [1.807, 2.05) is 0 Å². The Bertz CT molecular complexity index is 210. The van der Waals surface area contributed by atoms with Crippen LogP contribution in [0.1, 0.15) is 6.42 Å². The number of ether oxygens (including phenoxy) is 2. The molecule has 68 valence electrons. The van der Waals surface area contributed by atoms with Gasteiger partial charge >= 0.3 is 0 Å². The molecule has 0 amide bonds. The highest BCUT2D eigenvalue weighted by Gasteiger charge is 2.32. The lowest BCUT2D eigenvalue weighted by molar-refractivity contribution is -0.182. The lowest BCUT2D eigenvalue weighted by Crippen LogP contribution is -2.38. The normalized spacial score (nSPS) is 33.5. The van der Waals surface area contributed by atoms with Crippen molar-refractivity contribution in [1.29, 1.82) is 0 Å². The van der Waals surface area contributed by atoms with Gasteiger partial charge in [-0.25, -0.2) is 0 Å². The monoisotopic (exact) mass is 174 g/mol. The maximum absolute atomic E-state index is 10.9. The number of allylic oxidation sites excluding steroid dienone is 1. The van der Waals surface area contributed by atoms with Crippen LogP contribution in [0, 0.1) is 0 Å². The number of aliphatic hydroxyl groups excluding tert-OH is 2. The molecule has 5 heteroatoms. The summed E-state index contributed by atoms with van der Waals surface area (Å²) in [7, 11) is 1.35.